The summed E-state index contributed by atoms with van der Waals surface area (Å²) >= 11 is 0. The number of unbranched alkanes of at least 4 members (excludes halogenated alkanes) is 2. The Morgan fingerprint density at radius 2 is 2.06 bits per heavy atom. The molecular formula is C13H19FO2. The van der Waals surface area contributed by atoms with E-state index in [9.17, 15) is 4.39 Å². The molecule has 2 nitrogen and oxygen atoms in total. The monoisotopic (exact) mass is 226 g/mol. The number of benzene rings is 1. The van der Waals surface area contributed by atoms with Gasteiger partial charge in [0, 0.05) is 18.7 Å². The van der Waals surface area contributed by atoms with Gasteiger partial charge in [0.2, 0.25) is 0 Å². The van der Waals surface area contributed by atoms with Gasteiger partial charge >= 0.3 is 0 Å². The molecule has 0 aliphatic rings. The second kappa shape index (κ2) is 7.23. The Morgan fingerprint density at radius 3 is 2.69 bits per heavy atom. The van der Waals surface area contributed by atoms with E-state index in [0.29, 0.717) is 24.5 Å². The van der Waals surface area contributed by atoms with Crippen LogP contribution < -0.4 is 4.74 Å². The first-order chi connectivity index (χ1) is 7.77. The van der Waals surface area contributed by atoms with Gasteiger partial charge in [-0.25, -0.2) is 4.39 Å². The summed E-state index contributed by atoms with van der Waals surface area (Å²) < 4.78 is 23.8. The van der Waals surface area contributed by atoms with Crippen LogP contribution in [0.25, 0.3) is 0 Å². The molecule has 0 radical (unpaired) electrons. The fourth-order valence-corrected chi connectivity index (χ4v) is 1.43. The van der Waals surface area contributed by atoms with Gasteiger partial charge in [-0.1, -0.05) is 25.8 Å². The highest BCUT2D eigenvalue weighted by atomic mass is 19.1. The first-order valence-corrected chi connectivity index (χ1v) is 5.68. The van der Waals surface area contributed by atoms with E-state index in [0.717, 1.165) is 19.3 Å². The molecule has 1 aromatic rings. The van der Waals surface area contributed by atoms with Crippen molar-refractivity contribution in [2.24, 2.45) is 0 Å². The molecule has 0 amide bonds. The van der Waals surface area contributed by atoms with Crippen LogP contribution in [0.1, 0.15) is 31.7 Å². The average Bonchev–Trinajstić information content (AvgIpc) is 2.28. The summed E-state index contributed by atoms with van der Waals surface area (Å²) in [6.07, 6.45) is 3.31. The maximum absolute atomic E-state index is 13.5. The predicted octanol–water partition coefficient (Wildman–Crippen LogP) is 3.54. The number of hydrogen-bond acceptors (Lipinski definition) is 2. The molecule has 16 heavy (non-hydrogen) atoms. The van der Waals surface area contributed by atoms with Crippen molar-refractivity contribution in [1.29, 1.82) is 0 Å². The Kier molecular flexibility index (Phi) is 5.86. The van der Waals surface area contributed by atoms with Crippen molar-refractivity contribution in [2.45, 2.75) is 32.8 Å². The van der Waals surface area contributed by atoms with E-state index in [1.807, 2.05) is 0 Å². The third-order valence-electron chi connectivity index (χ3n) is 2.34. The van der Waals surface area contributed by atoms with Gasteiger partial charge in [-0.05, 0) is 12.5 Å². The Bertz CT molecular complexity index is 313. The molecule has 1 aromatic carbocycles. The van der Waals surface area contributed by atoms with Crippen LogP contribution >= 0.6 is 0 Å². The van der Waals surface area contributed by atoms with Crippen molar-refractivity contribution in [3.05, 3.63) is 29.6 Å². The van der Waals surface area contributed by atoms with Crippen LogP contribution in [0.15, 0.2) is 18.2 Å². The van der Waals surface area contributed by atoms with E-state index in [1.165, 1.54) is 6.07 Å². The fourth-order valence-electron chi connectivity index (χ4n) is 1.43. The van der Waals surface area contributed by atoms with E-state index in [2.05, 4.69) is 6.92 Å². The summed E-state index contributed by atoms with van der Waals surface area (Å²) in [5.41, 5.74) is 0.559. The molecule has 0 N–H and O–H groups in total. The van der Waals surface area contributed by atoms with Gasteiger partial charge in [-0.15, -0.1) is 0 Å². The minimum absolute atomic E-state index is 0.269. The molecule has 3 heteroatoms. The van der Waals surface area contributed by atoms with Crippen LogP contribution in [0.3, 0.4) is 0 Å². The number of methoxy groups -OCH3 is 1. The molecule has 0 atom stereocenters. The summed E-state index contributed by atoms with van der Waals surface area (Å²) in [6, 6.07) is 4.90. The van der Waals surface area contributed by atoms with Crippen LogP contribution in [-0.4, -0.2) is 13.7 Å². The maximum atomic E-state index is 13.5. The van der Waals surface area contributed by atoms with Gasteiger partial charge < -0.3 is 9.47 Å². The lowest BCUT2D eigenvalue weighted by Crippen LogP contribution is -1.99. The summed E-state index contributed by atoms with van der Waals surface area (Å²) in [6.45, 7) is 3.08. The molecule has 0 aromatic heterocycles. The highest BCUT2D eigenvalue weighted by molar-refractivity contribution is 5.28. The van der Waals surface area contributed by atoms with Gasteiger partial charge in [-0.3, -0.25) is 0 Å². The lowest BCUT2D eigenvalue weighted by Gasteiger charge is -2.07. The Hall–Kier alpha value is -1.09. The summed E-state index contributed by atoms with van der Waals surface area (Å²) in [4.78, 5) is 0. The van der Waals surface area contributed by atoms with Crippen molar-refractivity contribution in [2.75, 3.05) is 13.7 Å². The molecule has 0 spiro atoms. The molecule has 0 saturated carbocycles. The number of ether oxygens (including phenoxy) is 2. The molecule has 0 bridgehead atoms. The zero-order valence-electron chi connectivity index (χ0n) is 9.96. The summed E-state index contributed by atoms with van der Waals surface area (Å²) in [5, 5.41) is 0. The van der Waals surface area contributed by atoms with Crippen LogP contribution in [0.2, 0.25) is 0 Å². The standard InChI is InChI=1S/C13H19FO2/c1-3-4-5-8-16-12-7-6-11(10-15-2)13(14)9-12/h6-7,9H,3-5,8,10H2,1-2H3. The van der Waals surface area contributed by atoms with Crippen LogP contribution in [0, 0.1) is 5.82 Å². The lowest BCUT2D eigenvalue weighted by atomic mass is 10.2. The molecule has 0 fully saturated rings. The van der Waals surface area contributed by atoms with Crippen LogP contribution in [0.4, 0.5) is 4.39 Å². The zero-order valence-corrected chi connectivity index (χ0v) is 9.96. The largest absolute Gasteiger partial charge is 0.493 e. The van der Waals surface area contributed by atoms with Crippen molar-refractivity contribution < 1.29 is 13.9 Å². The third-order valence-corrected chi connectivity index (χ3v) is 2.34. The second-order valence-electron chi connectivity index (χ2n) is 3.74. The first kappa shape index (κ1) is 13.0. The van der Waals surface area contributed by atoms with E-state index < -0.39 is 0 Å². The van der Waals surface area contributed by atoms with Crippen molar-refractivity contribution >= 4 is 0 Å². The third kappa shape index (κ3) is 4.19. The van der Waals surface area contributed by atoms with Gasteiger partial charge in [0.15, 0.2) is 0 Å². The van der Waals surface area contributed by atoms with E-state index in [-0.39, 0.29) is 5.82 Å². The van der Waals surface area contributed by atoms with Gasteiger partial charge in [-0.2, -0.15) is 0 Å². The number of hydrogen-bond donors (Lipinski definition) is 0. The van der Waals surface area contributed by atoms with Gasteiger partial charge in [0.25, 0.3) is 0 Å². The van der Waals surface area contributed by atoms with Crippen molar-refractivity contribution in [3.63, 3.8) is 0 Å². The average molecular weight is 226 g/mol. The Balaban J connectivity index is 2.46. The molecule has 1 rings (SSSR count). The lowest BCUT2D eigenvalue weighted by molar-refractivity contribution is 0.181. The van der Waals surface area contributed by atoms with E-state index in [4.69, 9.17) is 9.47 Å². The summed E-state index contributed by atoms with van der Waals surface area (Å²) in [5.74, 6) is 0.322. The summed E-state index contributed by atoms with van der Waals surface area (Å²) in [7, 11) is 1.55. The quantitative estimate of drug-likeness (QED) is 0.662. The molecule has 90 valence electrons. The van der Waals surface area contributed by atoms with Gasteiger partial charge in [0.1, 0.15) is 11.6 Å². The Morgan fingerprint density at radius 1 is 1.25 bits per heavy atom. The topological polar surface area (TPSA) is 18.5 Å². The SMILES string of the molecule is CCCCCOc1ccc(COC)c(F)c1. The highest BCUT2D eigenvalue weighted by Gasteiger charge is 2.03. The smallest absolute Gasteiger partial charge is 0.132 e. The van der Waals surface area contributed by atoms with Crippen LogP contribution in [-0.2, 0) is 11.3 Å². The molecule has 0 heterocycles. The second-order valence-corrected chi connectivity index (χ2v) is 3.74. The molecule has 0 aliphatic carbocycles. The van der Waals surface area contributed by atoms with Crippen molar-refractivity contribution in [1.82, 2.24) is 0 Å². The highest BCUT2D eigenvalue weighted by Crippen LogP contribution is 2.17. The van der Waals surface area contributed by atoms with Crippen molar-refractivity contribution in [3.8, 4) is 5.75 Å². The predicted molar refractivity (Wildman–Crippen MR) is 62.1 cm³/mol. The molecule has 0 aliphatic heterocycles. The molecular weight excluding hydrogens is 207 g/mol. The number of halogens is 1. The van der Waals surface area contributed by atoms with Gasteiger partial charge in [0.05, 0.1) is 13.2 Å². The number of rotatable bonds is 7. The molecule has 0 saturated heterocycles. The molecule has 0 unspecified atom stereocenters. The normalized spacial score (nSPS) is 10.4. The van der Waals surface area contributed by atoms with E-state index >= 15 is 0 Å². The first-order valence-electron chi connectivity index (χ1n) is 5.68. The minimum atomic E-state index is -0.269. The fraction of sp³-hybridized carbons (Fsp3) is 0.538. The Labute approximate surface area is 96.4 Å². The van der Waals surface area contributed by atoms with E-state index in [1.54, 1.807) is 19.2 Å². The van der Waals surface area contributed by atoms with Crippen LogP contribution in [0.5, 0.6) is 5.75 Å². The zero-order chi connectivity index (χ0) is 11.8. The maximum Gasteiger partial charge on any atom is 0.132 e. The minimum Gasteiger partial charge on any atom is -0.493 e.